The minimum absolute atomic E-state index is 0.0535. The van der Waals surface area contributed by atoms with Crippen molar-refractivity contribution in [1.82, 2.24) is 0 Å². The van der Waals surface area contributed by atoms with Gasteiger partial charge in [-0.05, 0) is 32.4 Å². The van der Waals surface area contributed by atoms with Crippen molar-refractivity contribution in [2.45, 2.75) is 31.8 Å². The number of ether oxygens (including phenoxy) is 2. The first-order valence-electron chi connectivity index (χ1n) is 7.53. The van der Waals surface area contributed by atoms with Gasteiger partial charge in [0.2, 0.25) is 6.54 Å². The van der Waals surface area contributed by atoms with E-state index in [1.165, 1.54) is 19.1 Å². The number of esters is 2. The molecule has 2 rings (SSSR count). The average molecular weight is 333 g/mol. The highest BCUT2D eigenvalue weighted by molar-refractivity contribution is 5.91. The van der Waals surface area contributed by atoms with Gasteiger partial charge in [-0.15, -0.1) is 0 Å². The summed E-state index contributed by atoms with van der Waals surface area (Å²) < 4.78 is 10.4. The molecule has 0 fully saturated rings. The van der Waals surface area contributed by atoms with Crippen molar-refractivity contribution in [3.63, 3.8) is 0 Å². The number of aryl methyl sites for hydroxylation is 1. The van der Waals surface area contributed by atoms with Gasteiger partial charge in [-0.25, -0.2) is 4.79 Å². The topological polar surface area (TPSA) is 95.7 Å². The molecule has 24 heavy (non-hydrogen) atoms. The average Bonchev–Trinajstić information content (AvgIpc) is 2.86. The standard InChI is InChI=1S/C17H19NO6/c1-4-23-15(20)17(11-18(21)22,13-7-5-12(2)6-8-13)16(3)10-9-14(19)24-16/h5-10H,4,11H2,1-3H3/t16-,17-/m1/s1. The smallest absolute Gasteiger partial charge is 0.331 e. The van der Waals surface area contributed by atoms with Crippen molar-refractivity contribution in [2.75, 3.05) is 13.2 Å². The summed E-state index contributed by atoms with van der Waals surface area (Å²) in [5, 5.41) is 11.4. The second-order valence-corrected chi connectivity index (χ2v) is 5.84. The molecular weight excluding hydrogens is 314 g/mol. The second kappa shape index (κ2) is 6.43. The maximum atomic E-state index is 12.8. The van der Waals surface area contributed by atoms with Gasteiger partial charge in [0.1, 0.15) is 0 Å². The third-order valence-electron chi connectivity index (χ3n) is 4.23. The van der Waals surface area contributed by atoms with E-state index in [9.17, 15) is 19.7 Å². The molecule has 7 heteroatoms. The molecule has 0 N–H and O–H groups in total. The molecule has 1 aliphatic heterocycles. The van der Waals surface area contributed by atoms with E-state index < -0.39 is 34.4 Å². The quantitative estimate of drug-likeness (QED) is 0.448. The number of carbonyl (C=O) groups excluding carboxylic acids is 2. The Morgan fingerprint density at radius 2 is 2.00 bits per heavy atom. The summed E-state index contributed by atoms with van der Waals surface area (Å²) in [5.74, 6) is -1.45. The van der Waals surface area contributed by atoms with Crippen molar-refractivity contribution < 1.29 is 24.0 Å². The Morgan fingerprint density at radius 1 is 1.38 bits per heavy atom. The largest absolute Gasteiger partial charge is 0.465 e. The maximum absolute atomic E-state index is 12.8. The Hall–Kier alpha value is -2.70. The van der Waals surface area contributed by atoms with Crippen LogP contribution in [0, 0.1) is 17.0 Å². The third kappa shape index (κ3) is 2.89. The van der Waals surface area contributed by atoms with Crippen molar-refractivity contribution in [3.05, 3.63) is 57.7 Å². The lowest BCUT2D eigenvalue weighted by Crippen LogP contribution is -2.59. The summed E-state index contributed by atoms with van der Waals surface area (Å²) in [5.41, 5.74) is -1.99. The molecule has 7 nitrogen and oxygen atoms in total. The van der Waals surface area contributed by atoms with Crippen LogP contribution in [-0.4, -0.2) is 35.6 Å². The van der Waals surface area contributed by atoms with Crippen molar-refractivity contribution in [3.8, 4) is 0 Å². The lowest BCUT2D eigenvalue weighted by atomic mass is 9.67. The first kappa shape index (κ1) is 17.7. The zero-order chi connectivity index (χ0) is 18.0. The van der Waals surface area contributed by atoms with E-state index in [0.29, 0.717) is 5.56 Å². The van der Waals surface area contributed by atoms with Gasteiger partial charge in [0.15, 0.2) is 11.0 Å². The van der Waals surface area contributed by atoms with Gasteiger partial charge >= 0.3 is 11.9 Å². The fraction of sp³-hybridized carbons (Fsp3) is 0.412. The molecular formula is C17H19NO6. The molecule has 0 amide bonds. The van der Waals surface area contributed by atoms with Crippen LogP contribution in [0.4, 0.5) is 0 Å². The van der Waals surface area contributed by atoms with E-state index >= 15 is 0 Å². The normalized spacial score (nSPS) is 21.9. The van der Waals surface area contributed by atoms with Gasteiger partial charge < -0.3 is 9.47 Å². The Bertz CT molecular complexity index is 696. The Balaban J connectivity index is 2.71. The Labute approximate surface area is 139 Å². The van der Waals surface area contributed by atoms with Crippen LogP contribution in [0.15, 0.2) is 36.4 Å². The molecule has 1 heterocycles. The highest BCUT2D eigenvalue weighted by atomic mass is 16.6. The Morgan fingerprint density at radius 3 is 2.46 bits per heavy atom. The second-order valence-electron chi connectivity index (χ2n) is 5.84. The minimum Gasteiger partial charge on any atom is -0.465 e. The number of hydrogen-bond acceptors (Lipinski definition) is 6. The van der Waals surface area contributed by atoms with Crippen LogP contribution in [0.25, 0.3) is 0 Å². The predicted octanol–water partition coefficient (Wildman–Crippen LogP) is 1.94. The first-order chi connectivity index (χ1) is 11.2. The summed E-state index contributed by atoms with van der Waals surface area (Å²) in [6.45, 7) is 4.25. The van der Waals surface area contributed by atoms with Gasteiger partial charge in [-0.3, -0.25) is 14.9 Å². The van der Waals surface area contributed by atoms with Crippen molar-refractivity contribution in [1.29, 1.82) is 0 Å². The molecule has 1 aromatic rings. The number of benzene rings is 1. The molecule has 1 aromatic carbocycles. The number of cyclic esters (lactones) is 1. The van der Waals surface area contributed by atoms with Gasteiger partial charge in [-0.2, -0.15) is 0 Å². The minimum atomic E-state index is -1.77. The van der Waals surface area contributed by atoms with E-state index in [2.05, 4.69) is 0 Å². The lowest BCUT2D eigenvalue weighted by molar-refractivity contribution is -0.492. The van der Waals surface area contributed by atoms with Crippen LogP contribution in [0.3, 0.4) is 0 Å². The summed E-state index contributed by atoms with van der Waals surface area (Å²) in [6.07, 6.45) is 2.55. The van der Waals surface area contributed by atoms with Gasteiger partial charge in [0.05, 0.1) is 6.61 Å². The number of carbonyl (C=O) groups is 2. The molecule has 0 saturated heterocycles. The van der Waals surface area contributed by atoms with Crippen molar-refractivity contribution >= 4 is 11.9 Å². The third-order valence-corrected chi connectivity index (χ3v) is 4.23. The highest BCUT2D eigenvalue weighted by Gasteiger charge is 2.62. The maximum Gasteiger partial charge on any atom is 0.331 e. The lowest BCUT2D eigenvalue weighted by Gasteiger charge is -2.39. The van der Waals surface area contributed by atoms with Crippen LogP contribution in [0.2, 0.25) is 0 Å². The van der Waals surface area contributed by atoms with Gasteiger partial charge in [0.25, 0.3) is 0 Å². The Kier molecular flexibility index (Phi) is 4.73. The zero-order valence-electron chi connectivity index (χ0n) is 13.8. The predicted molar refractivity (Wildman–Crippen MR) is 85.0 cm³/mol. The fourth-order valence-electron chi connectivity index (χ4n) is 2.94. The van der Waals surface area contributed by atoms with E-state index in [1.54, 1.807) is 31.2 Å². The molecule has 0 spiro atoms. The van der Waals surface area contributed by atoms with Crippen LogP contribution in [0.1, 0.15) is 25.0 Å². The summed E-state index contributed by atoms with van der Waals surface area (Å²) >= 11 is 0. The molecule has 1 aliphatic rings. The summed E-state index contributed by atoms with van der Waals surface area (Å²) in [7, 11) is 0. The fourth-order valence-corrected chi connectivity index (χ4v) is 2.94. The van der Waals surface area contributed by atoms with Crippen LogP contribution in [-0.2, 0) is 24.5 Å². The number of nitro groups is 1. The monoisotopic (exact) mass is 333 g/mol. The first-order valence-corrected chi connectivity index (χ1v) is 7.53. The van der Waals surface area contributed by atoms with Crippen molar-refractivity contribution in [2.24, 2.45) is 0 Å². The number of nitrogens with zero attached hydrogens (tertiary/aromatic N) is 1. The SMILES string of the molecule is CCOC(=O)[C@@](C[N+](=O)[O-])(c1ccc(C)cc1)[C@@]1(C)C=CC(=O)O1. The molecule has 0 bridgehead atoms. The molecule has 0 unspecified atom stereocenters. The van der Waals surface area contributed by atoms with Gasteiger partial charge in [0, 0.05) is 11.0 Å². The van der Waals surface area contributed by atoms with E-state index in [-0.39, 0.29) is 6.61 Å². The summed E-state index contributed by atoms with van der Waals surface area (Å²) in [4.78, 5) is 35.2. The molecule has 128 valence electrons. The van der Waals surface area contributed by atoms with Gasteiger partial charge in [-0.1, -0.05) is 29.8 Å². The molecule has 0 radical (unpaired) electrons. The van der Waals surface area contributed by atoms with E-state index in [1.807, 2.05) is 6.92 Å². The molecule has 0 aliphatic carbocycles. The number of rotatable bonds is 6. The van der Waals surface area contributed by atoms with Crippen LogP contribution < -0.4 is 0 Å². The van der Waals surface area contributed by atoms with Crippen LogP contribution >= 0.6 is 0 Å². The van der Waals surface area contributed by atoms with E-state index in [4.69, 9.17) is 9.47 Å². The highest BCUT2D eigenvalue weighted by Crippen LogP contribution is 2.43. The molecule has 2 atom stereocenters. The van der Waals surface area contributed by atoms with E-state index in [0.717, 1.165) is 5.56 Å². The molecule has 0 saturated carbocycles. The molecule has 0 aromatic heterocycles. The van der Waals surface area contributed by atoms with Crippen LogP contribution in [0.5, 0.6) is 0 Å². The number of hydrogen-bond donors (Lipinski definition) is 0. The summed E-state index contributed by atoms with van der Waals surface area (Å²) in [6, 6.07) is 6.74. The zero-order valence-corrected chi connectivity index (χ0v) is 13.8.